The van der Waals surface area contributed by atoms with Crippen LogP contribution in [0.25, 0.3) is 10.9 Å². The predicted molar refractivity (Wildman–Crippen MR) is 79.3 cm³/mol. The number of pyridine rings is 1. The van der Waals surface area contributed by atoms with Crippen LogP contribution in [0, 0.1) is 0 Å². The van der Waals surface area contributed by atoms with Crippen molar-refractivity contribution in [1.82, 2.24) is 4.98 Å². The molecule has 0 radical (unpaired) electrons. The van der Waals surface area contributed by atoms with Crippen molar-refractivity contribution in [1.29, 1.82) is 0 Å². The van der Waals surface area contributed by atoms with E-state index in [0.29, 0.717) is 0 Å². The molecule has 2 aromatic rings. The molecule has 0 aliphatic carbocycles. The first-order valence-corrected chi connectivity index (χ1v) is 6.95. The molecule has 0 bridgehead atoms. The van der Waals surface area contributed by atoms with Gasteiger partial charge in [0.25, 0.3) is 0 Å². The minimum Gasteiger partial charge on any atom is -0.384 e. The minimum absolute atomic E-state index is 0.981. The van der Waals surface area contributed by atoms with E-state index in [9.17, 15) is 0 Å². The maximum absolute atomic E-state index is 4.79. The van der Waals surface area contributed by atoms with Crippen LogP contribution in [0.1, 0.15) is 38.4 Å². The van der Waals surface area contributed by atoms with Crippen molar-refractivity contribution < 1.29 is 0 Å². The maximum atomic E-state index is 4.79. The van der Waals surface area contributed by atoms with E-state index < -0.39 is 0 Å². The SMILES string of the molecule is CCCNc1cc(CC)nc2c(CC)cccc12. The first kappa shape index (κ1) is 12.9. The Hall–Kier alpha value is -1.57. The highest BCUT2D eigenvalue weighted by Crippen LogP contribution is 2.26. The van der Waals surface area contributed by atoms with E-state index in [1.807, 2.05) is 0 Å². The summed E-state index contributed by atoms with van der Waals surface area (Å²) in [6.07, 6.45) is 3.15. The lowest BCUT2D eigenvalue weighted by molar-refractivity contribution is 0.976. The molecule has 2 heteroatoms. The third-order valence-corrected chi connectivity index (χ3v) is 3.28. The second-order valence-corrected chi connectivity index (χ2v) is 4.61. The summed E-state index contributed by atoms with van der Waals surface area (Å²) in [6.45, 7) is 7.55. The molecule has 0 saturated heterocycles. The zero-order chi connectivity index (χ0) is 13.0. The van der Waals surface area contributed by atoms with Gasteiger partial charge in [-0.3, -0.25) is 4.98 Å². The number of aromatic nitrogens is 1. The maximum Gasteiger partial charge on any atom is 0.0757 e. The third kappa shape index (κ3) is 2.47. The molecule has 1 aromatic heterocycles. The van der Waals surface area contributed by atoms with Crippen LogP contribution in [0.4, 0.5) is 5.69 Å². The Balaban J connectivity index is 2.60. The van der Waals surface area contributed by atoms with Gasteiger partial charge in [0.2, 0.25) is 0 Å². The number of aryl methyl sites for hydroxylation is 2. The number of anilines is 1. The van der Waals surface area contributed by atoms with Crippen LogP contribution < -0.4 is 5.32 Å². The average Bonchev–Trinajstić information content (AvgIpc) is 2.43. The summed E-state index contributed by atoms with van der Waals surface area (Å²) in [5.74, 6) is 0. The lowest BCUT2D eigenvalue weighted by atomic mass is 10.0. The zero-order valence-corrected chi connectivity index (χ0v) is 11.6. The van der Waals surface area contributed by atoms with Crippen molar-refractivity contribution in [2.75, 3.05) is 11.9 Å². The molecule has 0 atom stereocenters. The molecule has 1 aromatic carbocycles. The fraction of sp³-hybridized carbons (Fsp3) is 0.438. The number of hydrogen-bond acceptors (Lipinski definition) is 2. The minimum atomic E-state index is 0.981. The number of benzene rings is 1. The highest BCUT2D eigenvalue weighted by atomic mass is 14.9. The van der Waals surface area contributed by atoms with Gasteiger partial charge in [0.1, 0.15) is 0 Å². The van der Waals surface area contributed by atoms with Crippen molar-refractivity contribution in [3.05, 3.63) is 35.5 Å². The van der Waals surface area contributed by atoms with Crippen molar-refractivity contribution in [3.63, 3.8) is 0 Å². The monoisotopic (exact) mass is 242 g/mol. The van der Waals surface area contributed by atoms with Gasteiger partial charge in [0.15, 0.2) is 0 Å². The van der Waals surface area contributed by atoms with Crippen LogP contribution in [-0.4, -0.2) is 11.5 Å². The predicted octanol–water partition coefficient (Wildman–Crippen LogP) is 4.18. The standard InChI is InChI=1S/C16H22N2/c1-4-10-17-15-11-13(6-3)18-16-12(5-2)8-7-9-14(15)16/h7-9,11H,4-6,10H2,1-3H3,(H,17,18). The fourth-order valence-electron chi connectivity index (χ4n) is 2.23. The highest BCUT2D eigenvalue weighted by Gasteiger charge is 2.07. The fourth-order valence-corrected chi connectivity index (χ4v) is 2.23. The average molecular weight is 242 g/mol. The molecule has 1 N–H and O–H groups in total. The number of rotatable bonds is 5. The van der Waals surface area contributed by atoms with E-state index in [1.165, 1.54) is 22.3 Å². The molecule has 1 heterocycles. The van der Waals surface area contributed by atoms with E-state index >= 15 is 0 Å². The van der Waals surface area contributed by atoms with Gasteiger partial charge in [0, 0.05) is 23.3 Å². The normalized spacial score (nSPS) is 10.8. The van der Waals surface area contributed by atoms with Crippen LogP contribution >= 0.6 is 0 Å². The summed E-state index contributed by atoms with van der Waals surface area (Å²) in [6, 6.07) is 8.67. The van der Waals surface area contributed by atoms with Gasteiger partial charge in [-0.15, -0.1) is 0 Å². The largest absolute Gasteiger partial charge is 0.384 e. The number of fused-ring (bicyclic) bond motifs is 1. The van der Waals surface area contributed by atoms with E-state index in [-0.39, 0.29) is 0 Å². The lowest BCUT2D eigenvalue weighted by Crippen LogP contribution is -2.03. The second-order valence-electron chi connectivity index (χ2n) is 4.61. The summed E-state index contributed by atoms with van der Waals surface area (Å²) < 4.78 is 0. The number of nitrogens with one attached hydrogen (secondary N) is 1. The van der Waals surface area contributed by atoms with Crippen LogP contribution in [0.15, 0.2) is 24.3 Å². The molecule has 18 heavy (non-hydrogen) atoms. The van der Waals surface area contributed by atoms with Gasteiger partial charge < -0.3 is 5.32 Å². The summed E-state index contributed by atoms with van der Waals surface area (Å²) in [5, 5.41) is 4.77. The molecule has 96 valence electrons. The molecule has 0 aliphatic rings. The first-order chi connectivity index (χ1) is 8.80. The number of hydrogen-bond donors (Lipinski definition) is 1. The smallest absolute Gasteiger partial charge is 0.0757 e. The third-order valence-electron chi connectivity index (χ3n) is 3.28. The van der Waals surface area contributed by atoms with Gasteiger partial charge in [-0.1, -0.05) is 39.0 Å². The zero-order valence-electron chi connectivity index (χ0n) is 11.6. The van der Waals surface area contributed by atoms with Gasteiger partial charge >= 0.3 is 0 Å². The Kier molecular flexibility index (Phi) is 4.19. The van der Waals surface area contributed by atoms with E-state index in [4.69, 9.17) is 4.98 Å². The molecule has 0 fully saturated rings. The topological polar surface area (TPSA) is 24.9 Å². The Morgan fingerprint density at radius 1 is 1.11 bits per heavy atom. The van der Waals surface area contributed by atoms with Crippen LogP contribution in [-0.2, 0) is 12.8 Å². The molecular formula is C16H22N2. The summed E-state index contributed by atoms with van der Waals surface area (Å²) in [7, 11) is 0. The quantitative estimate of drug-likeness (QED) is 0.850. The van der Waals surface area contributed by atoms with Crippen LogP contribution in [0.5, 0.6) is 0 Å². The molecule has 2 nitrogen and oxygen atoms in total. The van der Waals surface area contributed by atoms with Crippen molar-refractivity contribution >= 4 is 16.6 Å². The lowest BCUT2D eigenvalue weighted by Gasteiger charge is -2.12. The van der Waals surface area contributed by atoms with Crippen LogP contribution in [0.2, 0.25) is 0 Å². The Bertz CT molecular complexity index is 532. The number of para-hydroxylation sites is 1. The van der Waals surface area contributed by atoms with E-state index in [2.05, 4.69) is 50.4 Å². The van der Waals surface area contributed by atoms with Crippen molar-refractivity contribution in [3.8, 4) is 0 Å². The van der Waals surface area contributed by atoms with Crippen LogP contribution in [0.3, 0.4) is 0 Å². The Labute approximate surface area is 109 Å². The van der Waals surface area contributed by atoms with Crippen molar-refractivity contribution in [2.24, 2.45) is 0 Å². The molecule has 2 rings (SSSR count). The van der Waals surface area contributed by atoms with E-state index in [1.54, 1.807) is 0 Å². The highest BCUT2D eigenvalue weighted by molar-refractivity contribution is 5.93. The summed E-state index contributed by atoms with van der Waals surface area (Å²) in [5.41, 5.74) is 4.90. The Morgan fingerprint density at radius 2 is 1.94 bits per heavy atom. The first-order valence-electron chi connectivity index (χ1n) is 6.95. The Morgan fingerprint density at radius 3 is 2.61 bits per heavy atom. The molecular weight excluding hydrogens is 220 g/mol. The van der Waals surface area contributed by atoms with Gasteiger partial charge in [0.05, 0.1) is 5.52 Å². The van der Waals surface area contributed by atoms with E-state index in [0.717, 1.165) is 31.3 Å². The van der Waals surface area contributed by atoms with Gasteiger partial charge in [-0.2, -0.15) is 0 Å². The molecule has 0 unspecified atom stereocenters. The molecule has 0 amide bonds. The summed E-state index contributed by atoms with van der Waals surface area (Å²) in [4.78, 5) is 4.79. The molecule has 0 spiro atoms. The molecule has 0 aliphatic heterocycles. The number of nitrogens with zero attached hydrogens (tertiary/aromatic N) is 1. The summed E-state index contributed by atoms with van der Waals surface area (Å²) >= 11 is 0. The molecule has 0 saturated carbocycles. The van der Waals surface area contributed by atoms with Crippen molar-refractivity contribution in [2.45, 2.75) is 40.0 Å². The van der Waals surface area contributed by atoms with Gasteiger partial charge in [-0.05, 0) is 30.9 Å². The van der Waals surface area contributed by atoms with Gasteiger partial charge in [-0.25, -0.2) is 0 Å². The second kappa shape index (κ2) is 5.85.